The summed E-state index contributed by atoms with van der Waals surface area (Å²) in [6.07, 6.45) is 8.20. The average molecular weight is 304 g/mol. The van der Waals surface area contributed by atoms with Crippen LogP contribution in [0.2, 0.25) is 0 Å². The molecule has 0 saturated heterocycles. The number of hydrogen-bond donors (Lipinski definition) is 1. The number of halogens is 1. The van der Waals surface area contributed by atoms with Crippen molar-refractivity contribution >= 4 is 21.8 Å². The zero-order chi connectivity index (χ0) is 12.7. The highest BCUT2D eigenvalue weighted by Crippen LogP contribution is 2.27. The van der Waals surface area contributed by atoms with Crippen LogP contribution in [0.25, 0.3) is 0 Å². The highest BCUT2D eigenvalue weighted by atomic mass is 79.9. The Morgan fingerprint density at radius 2 is 1.88 bits per heavy atom. The van der Waals surface area contributed by atoms with Crippen LogP contribution in [0.4, 0.5) is 0 Å². The van der Waals surface area contributed by atoms with Crippen molar-refractivity contribution in [2.75, 3.05) is 6.54 Å². The minimum atomic E-state index is 0.243. The van der Waals surface area contributed by atoms with Gasteiger partial charge in [-0.2, -0.15) is 0 Å². The SMILES string of the molecule is CCC(CC)C(Br)CNC(=O)CC1CCCC1. The maximum absolute atomic E-state index is 11.8. The van der Waals surface area contributed by atoms with E-state index in [0.29, 0.717) is 16.7 Å². The second-order valence-electron chi connectivity index (χ2n) is 5.25. The topological polar surface area (TPSA) is 29.1 Å². The van der Waals surface area contributed by atoms with Gasteiger partial charge in [-0.3, -0.25) is 4.79 Å². The van der Waals surface area contributed by atoms with Crippen molar-refractivity contribution in [1.29, 1.82) is 0 Å². The summed E-state index contributed by atoms with van der Waals surface area (Å²) in [7, 11) is 0. The van der Waals surface area contributed by atoms with E-state index in [1.807, 2.05) is 0 Å². The maximum atomic E-state index is 11.8. The molecule has 3 heteroatoms. The minimum Gasteiger partial charge on any atom is -0.355 e. The van der Waals surface area contributed by atoms with Crippen molar-refractivity contribution in [3.63, 3.8) is 0 Å². The molecule has 1 aliphatic carbocycles. The van der Waals surface area contributed by atoms with Crippen LogP contribution < -0.4 is 5.32 Å². The van der Waals surface area contributed by atoms with E-state index < -0.39 is 0 Å². The summed E-state index contributed by atoms with van der Waals surface area (Å²) in [5.41, 5.74) is 0. The lowest BCUT2D eigenvalue weighted by molar-refractivity contribution is -0.121. The Labute approximate surface area is 114 Å². The Bertz CT molecular complexity index is 222. The second kappa shape index (κ2) is 8.12. The Kier molecular flexibility index (Phi) is 7.17. The highest BCUT2D eigenvalue weighted by molar-refractivity contribution is 9.09. The summed E-state index contributed by atoms with van der Waals surface area (Å²) in [4.78, 5) is 12.2. The summed E-state index contributed by atoms with van der Waals surface area (Å²) >= 11 is 3.69. The molecule has 1 fully saturated rings. The third-order valence-corrected chi connectivity index (χ3v) is 5.07. The molecule has 0 spiro atoms. The van der Waals surface area contributed by atoms with Crippen LogP contribution >= 0.6 is 15.9 Å². The first kappa shape index (κ1) is 15.0. The van der Waals surface area contributed by atoms with Gasteiger partial charge >= 0.3 is 0 Å². The molecule has 1 aliphatic rings. The van der Waals surface area contributed by atoms with Crippen molar-refractivity contribution in [2.24, 2.45) is 11.8 Å². The first-order chi connectivity index (χ1) is 8.17. The molecular formula is C14H26BrNO. The van der Waals surface area contributed by atoms with E-state index in [1.54, 1.807) is 0 Å². The molecule has 17 heavy (non-hydrogen) atoms. The average Bonchev–Trinajstić information content (AvgIpc) is 2.81. The van der Waals surface area contributed by atoms with Crippen molar-refractivity contribution in [3.05, 3.63) is 0 Å². The number of carbonyl (C=O) groups is 1. The van der Waals surface area contributed by atoms with Gasteiger partial charge in [-0.15, -0.1) is 0 Å². The predicted molar refractivity (Wildman–Crippen MR) is 76.4 cm³/mol. The van der Waals surface area contributed by atoms with Crippen LogP contribution in [-0.2, 0) is 4.79 Å². The van der Waals surface area contributed by atoms with E-state index in [2.05, 4.69) is 35.1 Å². The maximum Gasteiger partial charge on any atom is 0.220 e. The van der Waals surface area contributed by atoms with Gasteiger partial charge in [-0.05, 0) is 24.7 Å². The lowest BCUT2D eigenvalue weighted by atomic mass is 9.99. The van der Waals surface area contributed by atoms with Crippen LogP contribution in [0, 0.1) is 11.8 Å². The van der Waals surface area contributed by atoms with Crippen LogP contribution in [0.15, 0.2) is 0 Å². The zero-order valence-corrected chi connectivity index (χ0v) is 12.8. The molecule has 1 saturated carbocycles. The number of alkyl halides is 1. The Morgan fingerprint density at radius 3 is 2.41 bits per heavy atom. The summed E-state index contributed by atoms with van der Waals surface area (Å²) in [6.45, 7) is 5.20. The lowest BCUT2D eigenvalue weighted by Crippen LogP contribution is -2.33. The summed E-state index contributed by atoms with van der Waals surface area (Å²) < 4.78 is 0. The fourth-order valence-corrected chi connectivity index (χ4v) is 3.64. The van der Waals surface area contributed by atoms with Crippen molar-refractivity contribution in [3.8, 4) is 0 Å². The van der Waals surface area contributed by atoms with Crippen molar-refractivity contribution in [2.45, 2.75) is 63.6 Å². The molecule has 0 bridgehead atoms. The van der Waals surface area contributed by atoms with Gasteiger partial charge in [-0.25, -0.2) is 0 Å². The number of amides is 1. The molecule has 0 aromatic rings. The van der Waals surface area contributed by atoms with Gasteiger partial charge in [0.15, 0.2) is 0 Å². The highest BCUT2D eigenvalue weighted by Gasteiger charge is 2.20. The van der Waals surface area contributed by atoms with E-state index in [4.69, 9.17) is 0 Å². The normalized spacial score (nSPS) is 18.6. The summed E-state index contributed by atoms with van der Waals surface area (Å²) in [6, 6.07) is 0. The molecular weight excluding hydrogens is 278 g/mol. The Balaban J connectivity index is 2.17. The third-order valence-electron chi connectivity index (χ3n) is 4.00. The quantitative estimate of drug-likeness (QED) is 0.711. The standard InChI is InChI=1S/C14H26BrNO/c1-3-12(4-2)13(15)10-16-14(17)9-11-7-5-6-8-11/h11-13H,3-10H2,1-2H3,(H,16,17). The first-order valence-electron chi connectivity index (χ1n) is 7.08. The number of nitrogens with one attached hydrogen (secondary N) is 1. The number of hydrogen-bond acceptors (Lipinski definition) is 1. The van der Waals surface area contributed by atoms with Crippen LogP contribution in [0.3, 0.4) is 0 Å². The van der Waals surface area contributed by atoms with Gasteiger partial charge in [0.05, 0.1) is 0 Å². The fraction of sp³-hybridized carbons (Fsp3) is 0.929. The minimum absolute atomic E-state index is 0.243. The largest absolute Gasteiger partial charge is 0.355 e. The zero-order valence-electron chi connectivity index (χ0n) is 11.2. The Morgan fingerprint density at radius 1 is 1.29 bits per heavy atom. The molecule has 0 aliphatic heterocycles. The predicted octanol–water partition coefficient (Wildman–Crippen LogP) is 3.88. The molecule has 0 heterocycles. The number of carbonyl (C=O) groups excluding carboxylic acids is 1. The molecule has 0 aromatic carbocycles. The molecule has 1 amide bonds. The van der Waals surface area contributed by atoms with Gasteiger partial charge < -0.3 is 5.32 Å². The molecule has 1 atom stereocenters. The molecule has 100 valence electrons. The van der Waals surface area contributed by atoms with Gasteiger partial charge in [0.25, 0.3) is 0 Å². The fourth-order valence-electron chi connectivity index (χ4n) is 2.73. The van der Waals surface area contributed by atoms with E-state index in [0.717, 1.165) is 13.0 Å². The van der Waals surface area contributed by atoms with Gasteiger partial charge in [0.2, 0.25) is 5.91 Å². The third kappa shape index (κ3) is 5.41. The molecule has 0 radical (unpaired) electrons. The molecule has 1 N–H and O–H groups in total. The van der Waals surface area contributed by atoms with Gasteiger partial charge in [-0.1, -0.05) is 55.5 Å². The van der Waals surface area contributed by atoms with E-state index >= 15 is 0 Å². The summed E-state index contributed by atoms with van der Waals surface area (Å²) in [5, 5.41) is 3.07. The van der Waals surface area contributed by atoms with E-state index in [1.165, 1.54) is 38.5 Å². The first-order valence-corrected chi connectivity index (χ1v) is 7.99. The van der Waals surface area contributed by atoms with Crippen LogP contribution in [-0.4, -0.2) is 17.3 Å². The van der Waals surface area contributed by atoms with Gasteiger partial charge in [0, 0.05) is 17.8 Å². The van der Waals surface area contributed by atoms with E-state index in [-0.39, 0.29) is 5.91 Å². The molecule has 0 aromatic heterocycles. The van der Waals surface area contributed by atoms with Gasteiger partial charge in [0.1, 0.15) is 0 Å². The number of rotatable bonds is 7. The second-order valence-corrected chi connectivity index (χ2v) is 6.43. The molecule has 2 nitrogen and oxygen atoms in total. The van der Waals surface area contributed by atoms with E-state index in [9.17, 15) is 4.79 Å². The molecule has 1 unspecified atom stereocenters. The lowest BCUT2D eigenvalue weighted by Gasteiger charge is -2.20. The molecule has 1 rings (SSSR count). The van der Waals surface area contributed by atoms with Crippen LogP contribution in [0.5, 0.6) is 0 Å². The van der Waals surface area contributed by atoms with Crippen molar-refractivity contribution < 1.29 is 4.79 Å². The van der Waals surface area contributed by atoms with Crippen molar-refractivity contribution in [1.82, 2.24) is 5.32 Å². The summed E-state index contributed by atoms with van der Waals surface area (Å²) in [5.74, 6) is 1.56. The monoisotopic (exact) mass is 303 g/mol. The Hall–Kier alpha value is -0.0500. The van der Waals surface area contributed by atoms with Crippen LogP contribution in [0.1, 0.15) is 58.8 Å². The smallest absolute Gasteiger partial charge is 0.220 e.